The lowest BCUT2D eigenvalue weighted by atomic mass is 10.00. The summed E-state index contributed by atoms with van der Waals surface area (Å²) >= 11 is 3.31. The van der Waals surface area contributed by atoms with Gasteiger partial charge in [0.2, 0.25) is 5.91 Å². The monoisotopic (exact) mass is 321 g/mol. The molecular weight excluding hydrogens is 302 g/mol. The van der Waals surface area contributed by atoms with Crippen molar-refractivity contribution in [3.05, 3.63) is 50.9 Å². The van der Waals surface area contributed by atoms with Crippen molar-refractivity contribution in [3.8, 4) is 0 Å². The van der Waals surface area contributed by atoms with E-state index in [1.807, 2.05) is 35.0 Å². The molecule has 0 spiro atoms. The van der Waals surface area contributed by atoms with E-state index in [9.17, 15) is 4.79 Å². The molecule has 2 aromatic heterocycles. The van der Waals surface area contributed by atoms with E-state index in [1.165, 1.54) is 4.88 Å². The normalized spacial score (nSPS) is 12.6. The van der Waals surface area contributed by atoms with Gasteiger partial charge in [0, 0.05) is 29.0 Å². The van der Waals surface area contributed by atoms with Crippen molar-refractivity contribution >= 4 is 34.7 Å². The van der Waals surface area contributed by atoms with E-state index in [0.29, 0.717) is 12.5 Å². The molecule has 0 saturated carbocycles. The fraction of sp³-hybridized carbons (Fsp3) is 0.312. The van der Waals surface area contributed by atoms with Crippen LogP contribution >= 0.6 is 22.7 Å². The minimum atomic E-state index is -0.0719. The van der Waals surface area contributed by atoms with Crippen LogP contribution < -0.4 is 5.32 Å². The van der Waals surface area contributed by atoms with Gasteiger partial charge >= 0.3 is 0 Å². The number of hydrogen-bond acceptors (Lipinski definition) is 4. The number of carbonyl (C=O) groups excluding carboxylic acids is 1. The number of thiophene rings is 2. The first kappa shape index (κ1) is 15.9. The van der Waals surface area contributed by atoms with E-state index in [1.54, 1.807) is 28.7 Å². The first-order chi connectivity index (χ1) is 10.3. The summed E-state index contributed by atoms with van der Waals surface area (Å²) in [4.78, 5) is 14.1. The van der Waals surface area contributed by atoms with Crippen LogP contribution in [0.15, 0.2) is 41.1 Å². The second kappa shape index (κ2) is 8.77. The molecule has 0 fully saturated rings. The summed E-state index contributed by atoms with van der Waals surface area (Å²) in [6.07, 6.45) is 4.98. The van der Waals surface area contributed by atoms with Crippen LogP contribution in [0.25, 0.3) is 6.08 Å². The lowest BCUT2D eigenvalue weighted by molar-refractivity contribution is -0.116. The molecule has 21 heavy (non-hydrogen) atoms. The van der Waals surface area contributed by atoms with Crippen molar-refractivity contribution < 1.29 is 9.90 Å². The lowest BCUT2D eigenvalue weighted by Crippen LogP contribution is -2.23. The van der Waals surface area contributed by atoms with Crippen LogP contribution in [0, 0.1) is 0 Å². The Labute approximate surface area is 133 Å². The van der Waals surface area contributed by atoms with E-state index in [-0.39, 0.29) is 12.5 Å². The van der Waals surface area contributed by atoms with Crippen LogP contribution in [0.3, 0.4) is 0 Å². The third-order valence-electron chi connectivity index (χ3n) is 3.16. The minimum absolute atomic E-state index is 0.0719. The fourth-order valence-corrected chi connectivity index (χ4v) is 3.60. The van der Waals surface area contributed by atoms with Gasteiger partial charge in [0.05, 0.1) is 0 Å². The molecule has 0 radical (unpaired) electrons. The average Bonchev–Trinajstić information content (AvgIpc) is 3.17. The van der Waals surface area contributed by atoms with Gasteiger partial charge in [-0.25, -0.2) is 0 Å². The highest BCUT2D eigenvalue weighted by Crippen LogP contribution is 2.26. The Balaban J connectivity index is 1.75. The molecule has 0 saturated heterocycles. The molecule has 2 N–H and O–H groups in total. The molecule has 2 aromatic rings. The highest BCUT2D eigenvalue weighted by atomic mass is 32.1. The Hall–Kier alpha value is -1.43. The lowest BCUT2D eigenvalue weighted by Gasteiger charge is -2.14. The maximum Gasteiger partial charge on any atom is 0.244 e. The summed E-state index contributed by atoms with van der Waals surface area (Å²) < 4.78 is 0. The van der Waals surface area contributed by atoms with Gasteiger partial charge in [0.1, 0.15) is 0 Å². The first-order valence-electron chi connectivity index (χ1n) is 6.93. The second-order valence-corrected chi connectivity index (χ2v) is 6.61. The smallest absolute Gasteiger partial charge is 0.244 e. The third-order valence-corrected chi connectivity index (χ3v) is 5.03. The molecule has 0 aromatic carbocycles. The summed E-state index contributed by atoms with van der Waals surface area (Å²) in [6.45, 7) is 0.797. The number of nitrogens with one attached hydrogen (secondary N) is 1. The molecular formula is C16H19NO2S2. The Morgan fingerprint density at radius 3 is 2.71 bits per heavy atom. The van der Waals surface area contributed by atoms with Crippen LogP contribution in [-0.4, -0.2) is 24.2 Å². The van der Waals surface area contributed by atoms with Crippen molar-refractivity contribution in [1.29, 1.82) is 0 Å². The van der Waals surface area contributed by atoms with Crippen molar-refractivity contribution in [2.45, 2.75) is 18.8 Å². The zero-order valence-corrected chi connectivity index (χ0v) is 13.3. The molecule has 0 aliphatic heterocycles. The molecule has 3 nitrogen and oxygen atoms in total. The molecule has 2 heterocycles. The largest absolute Gasteiger partial charge is 0.396 e. The highest BCUT2D eigenvalue weighted by Gasteiger charge is 2.12. The van der Waals surface area contributed by atoms with Gasteiger partial charge in [-0.3, -0.25) is 4.79 Å². The van der Waals surface area contributed by atoms with Gasteiger partial charge in [0.15, 0.2) is 0 Å². The average molecular weight is 321 g/mol. The molecule has 0 unspecified atom stereocenters. The summed E-state index contributed by atoms with van der Waals surface area (Å²) in [5, 5.41) is 16.1. The van der Waals surface area contributed by atoms with Crippen LogP contribution in [0.5, 0.6) is 0 Å². The molecule has 112 valence electrons. The van der Waals surface area contributed by atoms with Gasteiger partial charge in [-0.2, -0.15) is 0 Å². The van der Waals surface area contributed by atoms with Crippen LogP contribution in [0.1, 0.15) is 28.5 Å². The Morgan fingerprint density at radius 2 is 2.05 bits per heavy atom. The second-order valence-electron chi connectivity index (χ2n) is 4.65. The molecule has 1 amide bonds. The van der Waals surface area contributed by atoms with Gasteiger partial charge < -0.3 is 10.4 Å². The van der Waals surface area contributed by atoms with Crippen LogP contribution in [0.4, 0.5) is 0 Å². The van der Waals surface area contributed by atoms with Crippen molar-refractivity contribution in [1.82, 2.24) is 5.32 Å². The zero-order valence-electron chi connectivity index (χ0n) is 11.7. The predicted octanol–water partition coefficient (Wildman–Crippen LogP) is 3.50. The zero-order chi connectivity index (χ0) is 14.9. The molecule has 5 heteroatoms. The number of amides is 1. The molecule has 1 atom stereocenters. The SMILES string of the molecule is O=C(/C=C/c1cccs1)NCC[C@@H](CCO)c1cccs1. The fourth-order valence-electron chi connectivity index (χ4n) is 2.08. The van der Waals surface area contributed by atoms with Crippen molar-refractivity contribution in [2.75, 3.05) is 13.2 Å². The van der Waals surface area contributed by atoms with E-state index in [2.05, 4.69) is 11.4 Å². The number of carbonyl (C=O) groups is 1. The summed E-state index contributed by atoms with van der Waals surface area (Å²) in [7, 11) is 0. The Morgan fingerprint density at radius 1 is 1.24 bits per heavy atom. The molecule has 0 bridgehead atoms. The molecule has 0 aliphatic carbocycles. The minimum Gasteiger partial charge on any atom is -0.396 e. The summed E-state index contributed by atoms with van der Waals surface area (Å²) in [5.41, 5.74) is 0. The summed E-state index contributed by atoms with van der Waals surface area (Å²) in [5.74, 6) is 0.244. The number of aliphatic hydroxyl groups is 1. The predicted molar refractivity (Wildman–Crippen MR) is 89.7 cm³/mol. The Kier molecular flexibility index (Phi) is 6.66. The maximum absolute atomic E-state index is 11.7. The number of rotatable bonds is 8. The first-order valence-corrected chi connectivity index (χ1v) is 8.69. The van der Waals surface area contributed by atoms with Gasteiger partial charge in [-0.05, 0) is 47.7 Å². The van der Waals surface area contributed by atoms with E-state index in [0.717, 1.165) is 17.7 Å². The molecule has 0 aliphatic rings. The quantitative estimate of drug-likeness (QED) is 0.731. The number of aliphatic hydroxyl groups excluding tert-OH is 1. The van der Waals surface area contributed by atoms with E-state index >= 15 is 0 Å². The van der Waals surface area contributed by atoms with Gasteiger partial charge in [0.25, 0.3) is 0 Å². The third kappa shape index (κ3) is 5.46. The van der Waals surface area contributed by atoms with Gasteiger partial charge in [-0.15, -0.1) is 22.7 Å². The standard InChI is InChI=1S/C16H19NO2S2/c18-10-8-13(15-4-2-12-21-15)7-9-17-16(19)6-5-14-3-1-11-20-14/h1-6,11-13,18H,7-10H2,(H,17,19)/b6-5+/t13-/m0/s1. The topological polar surface area (TPSA) is 49.3 Å². The van der Waals surface area contributed by atoms with E-state index < -0.39 is 0 Å². The van der Waals surface area contributed by atoms with Gasteiger partial charge in [-0.1, -0.05) is 12.1 Å². The number of hydrogen-bond donors (Lipinski definition) is 2. The highest BCUT2D eigenvalue weighted by molar-refractivity contribution is 7.10. The van der Waals surface area contributed by atoms with Crippen molar-refractivity contribution in [2.24, 2.45) is 0 Å². The maximum atomic E-state index is 11.7. The van der Waals surface area contributed by atoms with E-state index in [4.69, 9.17) is 5.11 Å². The van der Waals surface area contributed by atoms with Crippen molar-refractivity contribution in [3.63, 3.8) is 0 Å². The molecule has 2 rings (SSSR count). The summed E-state index contributed by atoms with van der Waals surface area (Å²) in [6, 6.07) is 8.04. The van der Waals surface area contributed by atoms with Crippen LogP contribution in [0.2, 0.25) is 0 Å². The Bertz CT molecular complexity index is 547. The van der Waals surface area contributed by atoms with Crippen LogP contribution in [-0.2, 0) is 4.79 Å².